The van der Waals surface area contributed by atoms with Gasteiger partial charge in [0.25, 0.3) is 0 Å². The molecule has 0 unspecified atom stereocenters. The summed E-state index contributed by atoms with van der Waals surface area (Å²) >= 11 is 0. The molecule has 1 rings (SSSR count). The fraction of sp³-hybridized carbons (Fsp3) is 0.882. The molecule has 0 spiro atoms. The summed E-state index contributed by atoms with van der Waals surface area (Å²) in [7, 11) is 5.56. The predicted octanol–water partition coefficient (Wildman–Crippen LogP) is 2.09. The Kier molecular flexibility index (Phi) is 7.17. The largest absolute Gasteiger partial charge is 0.359 e. The number of nitrogens with one attached hydrogen (secondary N) is 2. The van der Waals surface area contributed by atoms with Gasteiger partial charge in [0.1, 0.15) is 0 Å². The zero-order valence-corrected chi connectivity index (χ0v) is 15.2. The van der Waals surface area contributed by atoms with Gasteiger partial charge in [0.05, 0.1) is 5.41 Å². The number of guanidine groups is 1. The summed E-state index contributed by atoms with van der Waals surface area (Å²) in [6.45, 7) is 7.84. The molecule has 0 saturated heterocycles. The molecule has 0 aromatic carbocycles. The molecule has 5 nitrogen and oxygen atoms in total. The highest BCUT2D eigenvalue weighted by Crippen LogP contribution is 2.28. The molecule has 0 aromatic rings. The minimum atomic E-state index is -0.453. The van der Waals surface area contributed by atoms with E-state index < -0.39 is 5.41 Å². The second-order valence-electron chi connectivity index (χ2n) is 7.37. The third-order valence-corrected chi connectivity index (χ3v) is 4.77. The van der Waals surface area contributed by atoms with Gasteiger partial charge in [-0.05, 0) is 38.5 Å². The molecule has 1 fully saturated rings. The van der Waals surface area contributed by atoms with E-state index in [0.29, 0.717) is 6.54 Å². The van der Waals surface area contributed by atoms with Crippen LogP contribution in [0.15, 0.2) is 4.99 Å². The van der Waals surface area contributed by atoms with Crippen molar-refractivity contribution in [1.29, 1.82) is 0 Å². The Bertz CT molecular complexity index is 384. The number of carbonyl (C=O) groups is 1. The van der Waals surface area contributed by atoms with Crippen LogP contribution in [0.1, 0.15) is 46.5 Å². The van der Waals surface area contributed by atoms with Crippen LogP contribution < -0.4 is 10.6 Å². The normalized spacial score (nSPS) is 23.1. The van der Waals surface area contributed by atoms with Crippen molar-refractivity contribution in [1.82, 2.24) is 15.5 Å². The lowest BCUT2D eigenvalue weighted by Gasteiger charge is -2.32. The van der Waals surface area contributed by atoms with Crippen LogP contribution in [0.5, 0.6) is 0 Å². The van der Waals surface area contributed by atoms with Gasteiger partial charge in [-0.25, -0.2) is 0 Å². The molecular weight excluding hydrogens is 276 g/mol. The van der Waals surface area contributed by atoms with Crippen molar-refractivity contribution in [3.8, 4) is 0 Å². The molecule has 0 heterocycles. The van der Waals surface area contributed by atoms with Gasteiger partial charge < -0.3 is 15.5 Å². The minimum Gasteiger partial charge on any atom is -0.359 e. The highest BCUT2D eigenvalue weighted by molar-refractivity contribution is 5.84. The second-order valence-corrected chi connectivity index (χ2v) is 7.37. The van der Waals surface area contributed by atoms with Crippen molar-refractivity contribution < 1.29 is 4.79 Å². The number of hydrogen-bond acceptors (Lipinski definition) is 2. The van der Waals surface area contributed by atoms with Crippen LogP contribution >= 0.6 is 0 Å². The van der Waals surface area contributed by atoms with Gasteiger partial charge in [-0.3, -0.25) is 9.79 Å². The molecule has 2 N–H and O–H groups in total. The lowest BCUT2D eigenvalue weighted by atomic mass is 9.83. The maximum Gasteiger partial charge on any atom is 0.227 e. The van der Waals surface area contributed by atoms with Crippen molar-refractivity contribution in [2.75, 3.05) is 34.2 Å². The lowest BCUT2D eigenvalue weighted by molar-refractivity contribution is -0.128. The Hall–Kier alpha value is -1.26. The molecule has 0 aromatic heterocycles. The van der Waals surface area contributed by atoms with Gasteiger partial charge in [-0.1, -0.05) is 19.8 Å². The predicted molar refractivity (Wildman–Crippen MR) is 93.0 cm³/mol. The summed E-state index contributed by atoms with van der Waals surface area (Å²) in [5.41, 5.74) is -0.453. The summed E-state index contributed by atoms with van der Waals surface area (Å²) < 4.78 is 0. The maximum atomic E-state index is 11.8. The fourth-order valence-electron chi connectivity index (χ4n) is 3.09. The molecule has 128 valence electrons. The quantitative estimate of drug-likeness (QED) is 0.604. The smallest absolute Gasteiger partial charge is 0.227 e. The Morgan fingerprint density at radius 1 is 1.27 bits per heavy atom. The zero-order valence-electron chi connectivity index (χ0n) is 15.2. The van der Waals surface area contributed by atoms with Crippen LogP contribution in [0.4, 0.5) is 0 Å². The van der Waals surface area contributed by atoms with Crippen LogP contribution in [0, 0.1) is 17.3 Å². The van der Waals surface area contributed by atoms with E-state index in [-0.39, 0.29) is 5.91 Å². The standard InChI is InChI=1S/C17H34N4O/c1-13-7-9-14(10-8-13)11-21(6)16(19-5)20-12-17(2,3)15(22)18-4/h13-14H,7-12H2,1-6H3,(H,18,22)(H,19,20). The van der Waals surface area contributed by atoms with Crippen molar-refractivity contribution in [3.63, 3.8) is 0 Å². The SMILES string of the molecule is CN=C(NCC(C)(C)C(=O)NC)N(C)CC1CCC(C)CC1. The highest BCUT2D eigenvalue weighted by Gasteiger charge is 2.27. The number of rotatable bonds is 5. The lowest BCUT2D eigenvalue weighted by Crippen LogP contribution is -2.48. The minimum absolute atomic E-state index is 0.0411. The van der Waals surface area contributed by atoms with Crippen molar-refractivity contribution >= 4 is 11.9 Å². The number of amides is 1. The molecule has 0 atom stereocenters. The molecule has 22 heavy (non-hydrogen) atoms. The molecule has 1 aliphatic carbocycles. The summed E-state index contributed by atoms with van der Waals surface area (Å²) in [5.74, 6) is 2.55. The van der Waals surface area contributed by atoms with Crippen LogP contribution in [0.3, 0.4) is 0 Å². The third kappa shape index (κ3) is 5.50. The molecule has 0 radical (unpaired) electrons. The summed E-state index contributed by atoms with van der Waals surface area (Å²) in [4.78, 5) is 18.4. The van der Waals surface area contributed by atoms with E-state index in [1.54, 1.807) is 14.1 Å². The summed E-state index contributed by atoms with van der Waals surface area (Å²) in [6.07, 6.45) is 5.31. The molecule has 0 aliphatic heterocycles. The highest BCUT2D eigenvalue weighted by atomic mass is 16.2. The maximum absolute atomic E-state index is 11.8. The number of hydrogen-bond donors (Lipinski definition) is 2. The number of nitrogens with zero attached hydrogens (tertiary/aromatic N) is 2. The Labute approximate surface area is 135 Å². The van der Waals surface area contributed by atoms with Crippen molar-refractivity contribution in [2.24, 2.45) is 22.2 Å². The monoisotopic (exact) mass is 310 g/mol. The second kappa shape index (κ2) is 8.39. The Balaban J connectivity index is 2.48. The van der Waals surface area contributed by atoms with E-state index in [4.69, 9.17) is 0 Å². The van der Waals surface area contributed by atoms with E-state index >= 15 is 0 Å². The zero-order chi connectivity index (χ0) is 16.8. The van der Waals surface area contributed by atoms with Gasteiger partial charge in [0.2, 0.25) is 5.91 Å². The van der Waals surface area contributed by atoms with Crippen molar-refractivity contribution in [2.45, 2.75) is 46.5 Å². The number of aliphatic imine (C=N–C) groups is 1. The Morgan fingerprint density at radius 3 is 2.36 bits per heavy atom. The average Bonchev–Trinajstić information content (AvgIpc) is 2.49. The van der Waals surface area contributed by atoms with E-state index in [9.17, 15) is 4.79 Å². The van der Waals surface area contributed by atoms with Gasteiger partial charge in [-0.2, -0.15) is 0 Å². The summed E-state index contributed by atoms with van der Waals surface area (Å²) in [6, 6.07) is 0. The third-order valence-electron chi connectivity index (χ3n) is 4.77. The van der Waals surface area contributed by atoms with Gasteiger partial charge in [-0.15, -0.1) is 0 Å². The first-order valence-electron chi connectivity index (χ1n) is 8.44. The van der Waals surface area contributed by atoms with E-state index in [1.165, 1.54) is 25.7 Å². The molecule has 0 bridgehead atoms. The molecule has 1 amide bonds. The first kappa shape index (κ1) is 18.8. The fourth-order valence-corrected chi connectivity index (χ4v) is 3.09. The Morgan fingerprint density at radius 2 is 1.86 bits per heavy atom. The first-order valence-corrected chi connectivity index (χ1v) is 8.44. The van der Waals surface area contributed by atoms with Crippen LogP contribution in [-0.2, 0) is 4.79 Å². The van der Waals surface area contributed by atoms with E-state index in [2.05, 4.69) is 34.5 Å². The van der Waals surface area contributed by atoms with Crippen LogP contribution in [0.2, 0.25) is 0 Å². The molecule has 1 aliphatic rings. The topological polar surface area (TPSA) is 56.7 Å². The summed E-state index contributed by atoms with van der Waals surface area (Å²) in [5, 5.41) is 6.05. The van der Waals surface area contributed by atoms with Crippen molar-refractivity contribution in [3.05, 3.63) is 0 Å². The van der Waals surface area contributed by atoms with E-state index in [0.717, 1.165) is 24.3 Å². The molecule has 1 saturated carbocycles. The van der Waals surface area contributed by atoms with Crippen LogP contribution in [-0.4, -0.2) is 51.0 Å². The molecular formula is C17H34N4O. The van der Waals surface area contributed by atoms with Gasteiger partial charge in [0, 0.05) is 34.2 Å². The number of carbonyl (C=O) groups excluding carboxylic acids is 1. The molecule has 5 heteroatoms. The van der Waals surface area contributed by atoms with Gasteiger partial charge in [0.15, 0.2) is 5.96 Å². The average molecular weight is 310 g/mol. The van der Waals surface area contributed by atoms with E-state index in [1.807, 2.05) is 13.8 Å². The van der Waals surface area contributed by atoms with Gasteiger partial charge >= 0.3 is 0 Å². The van der Waals surface area contributed by atoms with Crippen LogP contribution in [0.25, 0.3) is 0 Å². The first-order chi connectivity index (χ1) is 10.3.